The first-order chi connectivity index (χ1) is 5.65. The number of hydrogen-bond donors (Lipinski definition) is 1. The molecule has 64 valence electrons. The molecule has 0 unspecified atom stereocenters. The molecule has 0 atom stereocenters. The lowest BCUT2D eigenvalue weighted by Gasteiger charge is -1.99. The molecule has 0 saturated heterocycles. The fourth-order valence-electron chi connectivity index (χ4n) is 0.852. The highest BCUT2D eigenvalue weighted by atomic mass is 19.1. The summed E-state index contributed by atoms with van der Waals surface area (Å²) in [6.07, 6.45) is 0.653. The molecule has 0 aliphatic rings. The zero-order valence-corrected chi connectivity index (χ0v) is 6.67. The molecule has 1 aromatic heterocycles. The van der Waals surface area contributed by atoms with Gasteiger partial charge in [0.05, 0.1) is 0 Å². The van der Waals surface area contributed by atoms with Crippen LogP contribution in [0.2, 0.25) is 0 Å². The van der Waals surface area contributed by atoms with E-state index < -0.39 is 11.7 Å². The van der Waals surface area contributed by atoms with E-state index in [2.05, 4.69) is 4.98 Å². The Morgan fingerprint density at radius 2 is 2.33 bits per heavy atom. The summed E-state index contributed by atoms with van der Waals surface area (Å²) in [5.41, 5.74) is 5.27. The molecule has 12 heavy (non-hydrogen) atoms. The first-order valence-corrected chi connectivity index (χ1v) is 3.60. The number of amides is 1. The van der Waals surface area contributed by atoms with Gasteiger partial charge in [0.2, 0.25) is 0 Å². The molecule has 1 aromatic rings. The summed E-state index contributed by atoms with van der Waals surface area (Å²) in [7, 11) is 0. The highest BCUT2D eigenvalue weighted by Crippen LogP contribution is 2.05. The first-order valence-electron chi connectivity index (χ1n) is 3.60. The van der Waals surface area contributed by atoms with Gasteiger partial charge in [0.15, 0.2) is 11.5 Å². The Morgan fingerprint density at radius 1 is 1.67 bits per heavy atom. The quantitative estimate of drug-likeness (QED) is 0.712. The van der Waals surface area contributed by atoms with E-state index in [9.17, 15) is 9.18 Å². The molecule has 4 heteroatoms. The van der Waals surface area contributed by atoms with Crippen molar-refractivity contribution in [1.82, 2.24) is 4.98 Å². The van der Waals surface area contributed by atoms with Crippen LogP contribution in [0.5, 0.6) is 0 Å². The van der Waals surface area contributed by atoms with Gasteiger partial charge in [-0.15, -0.1) is 0 Å². The van der Waals surface area contributed by atoms with Crippen LogP contribution in [0.25, 0.3) is 0 Å². The lowest BCUT2D eigenvalue weighted by Crippen LogP contribution is -2.16. The number of carbonyl (C=O) groups is 1. The number of carbonyl (C=O) groups excluding carboxylic acids is 1. The summed E-state index contributed by atoms with van der Waals surface area (Å²) >= 11 is 0. The summed E-state index contributed by atoms with van der Waals surface area (Å²) in [6.45, 7) is 1.87. The monoisotopic (exact) mass is 168 g/mol. The highest BCUT2D eigenvalue weighted by molar-refractivity contribution is 5.91. The number of rotatable bonds is 2. The van der Waals surface area contributed by atoms with Crippen LogP contribution in [-0.2, 0) is 6.42 Å². The Labute approximate surface area is 69.4 Å². The second kappa shape index (κ2) is 3.30. The van der Waals surface area contributed by atoms with Gasteiger partial charge in [-0.05, 0) is 18.6 Å². The second-order valence-corrected chi connectivity index (χ2v) is 2.35. The van der Waals surface area contributed by atoms with Crippen molar-refractivity contribution in [3.63, 3.8) is 0 Å². The number of primary amides is 1. The number of nitrogens with two attached hydrogens (primary N) is 1. The number of pyridine rings is 1. The van der Waals surface area contributed by atoms with E-state index >= 15 is 0 Å². The summed E-state index contributed by atoms with van der Waals surface area (Å²) in [4.78, 5) is 14.4. The van der Waals surface area contributed by atoms with Crippen LogP contribution < -0.4 is 5.73 Å². The normalized spacial score (nSPS) is 9.83. The minimum Gasteiger partial charge on any atom is -0.364 e. The highest BCUT2D eigenvalue weighted by Gasteiger charge is 2.09. The molecule has 0 aromatic carbocycles. The standard InChI is InChI=1S/C8H9FN2O/c1-2-5-3-4-6(9)7(11-5)8(10)12/h3-4H,2H2,1H3,(H2,10,12). The molecule has 0 aliphatic carbocycles. The van der Waals surface area contributed by atoms with Crippen LogP contribution in [-0.4, -0.2) is 10.9 Å². The van der Waals surface area contributed by atoms with E-state index in [1.54, 1.807) is 0 Å². The van der Waals surface area contributed by atoms with Gasteiger partial charge in [0.25, 0.3) is 5.91 Å². The van der Waals surface area contributed by atoms with Gasteiger partial charge >= 0.3 is 0 Å². The molecule has 2 N–H and O–H groups in total. The summed E-state index contributed by atoms with van der Waals surface area (Å²) in [6, 6.07) is 2.73. The zero-order chi connectivity index (χ0) is 9.14. The van der Waals surface area contributed by atoms with Crippen molar-refractivity contribution in [1.29, 1.82) is 0 Å². The van der Waals surface area contributed by atoms with E-state index in [-0.39, 0.29) is 5.69 Å². The molecule has 0 fully saturated rings. The fourth-order valence-corrected chi connectivity index (χ4v) is 0.852. The van der Waals surface area contributed by atoms with E-state index in [0.717, 1.165) is 0 Å². The Kier molecular flexibility index (Phi) is 2.38. The van der Waals surface area contributed by atoms with Gasteiger partial charge in [-0.2, -0.15) is 0 Å². The van der Waals surface area contributed by atoms with E-state index in [1.165, 1.54) is 12.1 Å². The lowest BCUT2D eigenvalue weighted by atomic mass is 10.2. The molecule has 1 amide bonds. The minimum absolute atomic E-state index is 0.283. The van der Waals surface area contributed by atoms with Crippen molar-refractivity contribution in [2.24, 2.45) is 5.73 Å². The minimum atomic E-state index is -0.831. The maximum Gasteiger partial charge on any atom is 0.270 e. The van der Waals surface area contributed by atoms with Crippen LogP contribution in [0, 0.1) is 5.82 Å². The average Bonchev–Trinajstić information content (AvgIpc) is 2.05. The van der Waals surface area contributed by atoms with Crippen LogP contribution in [0.4, 0.5) is 4.39 Å². The van der Waals surface area contributed by atoms with Crippen molar-refractivity contribution in [3.05, 3.63) is 29.3 Å². The predicted molar refractivity (Wildman–Crippen MR) is 42.1 cm³/mol. The maximum absolute atomic E-state index is 12.8. The van der Waals surface area contributed by atoms with Crippen molar-refractivity contribution >= 4 is 5.91 Å². The predicted octanol–water partition coefficient (Wildman–Crippen LogP) is 0.882. The van der Waals surface area contributed by atoms with Gasteiger partial charge in [-0.1, -0.05) is 6.92 Å². The van der Waals surface area contributed by atoms with Crippen molar-refractivity contribution in [2.45, 2.75) is 13.3 Å². The topological polar surface area (TPSA) is 56.0 Å². The molecule has 3 nitrogen and oxygen atoms in total. The third kappa shape index (κ3) is 1.58. The Bertz CT molecular complexity index is 312. The third-order valence-corrected chi connectivity index (χ3v) is 1.50. The number of nitrogens with zero attached hydrogens (tertiary/aromatic N) is 1. The fraction of sp³-hybridized carbons (Fsp3) is 0.250. The van der Waals surface area contributed by atoms with E-state index in [0.29, 0.717) is 12.1 Å². The average molecular weight is 168 g/mol. The number of hydrogen-bond acceptors (Lipinski definition) is 2. The third-order valence-electron chi connectivity index (χ3n) is 1.50. The van der Waals surface area contributed by atoms with Crippen molar-refractivity contribution < 1.29 is 9.18 Å². The van der Waals surface area contributed by atoms with E-state index in [1.807, 2.05) is 6.92 Å². The molecular formula is C8H9FN2O. The summed E-state index contributed by atoms with van der Waals surface area (Å²) in [5, 5.41) is 0. The van der Waals surface area contributed by atoms with Gasteiger partial charge < -0.3 is 5.73 Å². The van der Waals surface area contributed by atoms with Gasteiger partial charge in [-0.3, -0.25) is 4.79 Å². The van der Waals surface area contributed by atoms with Crippen LogP contribution in [0.3, 0.4) is 0 Å². The Hall–Kier alpha value is -1.45. The van der Waals surface area contributed by atoms with Gasteiger partial charge in [0.1, 0.15) is 0 Å². The van der Waals surface area contributed by atoms with E-state index in [4.69, 9.17) is 5.73 Å². The molecule has 1 rings (SSSR count). The zero-order valence-electron chi connectivity index (χ0n) is 6.67. The number of aromatic nitrogens is 1. The molecule has 0 spiro atoms. The molecule has 0 radical (unpaired) electrons. The Balaban J connectivity index is 3.17. The largest absolute Gasteiger partial charge is 0.364 e. The van der Waals surface area contributed by atoms with Crippen LogP contribution >= 0.6 is 0 Å². The summed E-state index contributed by atoms with van der Waals surface area (Å²) in [5.74, 6) is -1.50. The van der Waals surface area contributed by atoms with Crippen molar-refractivity contribution in [2.75, 3.05) is 0 Å². The van der Waals surface area contributed by atoms with Crippen LogP contribution in [0.15, 0.2) is 12.1 Å². The Morgan fingerprint density at radius 3 is 2.83 bits per heavy atom. The summed E-state index contributed by atoms with van der Waals surface area (Å²) < 4.78 is 12.8. The molecule has 0 bridgehead atoms. The van der Waals surface area contributed by atoms with Gasteiger partial charge in [-0.25, -0.2) is 9.37 Å². The van der Waals surface area contributed by atoms with Crippen molar-refractivity contribution in [3.8, 4) is 0 Å². The molecular weight excluding hydrogens is 159 g/mol. The first kappa shape index (κ1) is 8.64. The number of aryl methyl sites for hydroxylation is 1. The maximum atomic E-state index is 12.8. The second-order valence-electron chi connectivity index (χ2n) is 2.35. The van der Waals surface area contributed by atoms with Crippen LogP contribution in [0.1, 0.15) is 23.1 Å². The molecule has 0 aliphatic heterocycles. The smallest absolute Gasteiger partial charge is 0.270 e. The van der Waals surface area contributed by atoms with Gasteiger partial charge in [0, 0.05) is 5.69 Å². The lowest BCUT2D eigenvalue weighted by molar-refractivity contribution is 0.0991. The molecule has 0 saturated carbocycles. The SMILES string of the molecule is CCc1ccc(F)c(C(N)=O)n1. The number of halogens is 1. The molecule has 1 heterocycles.